The highest BCUT2D eigenvalue weighted by Gasteiger charge is 2.21. The monoisotopic (exact) mass is 673 g/mol. The number of aromatic nitrogens is 3. The molecule has 1 aromatic heterocycles. The largest absolute Gasteiger partial charge is 0.209 e. The summed E-state index contributed by atoms with van der Waals surface area (Å²) in [5, 5.41) is 0. The van der Waals surface area contributed by atoms with Crippen molar-refractivity contribution in [3.63, 3.8) is 0 Å². The minimum atomic E-state index is 0.379. The summed E-state index contributed by atoms with van der Waals surface area (Å²) in [6.45, 7) is 6.80. The number of rotatable bonds is 8. The van der Waals surface area contributed by atoms with Gasteiger partial charge < -0.3 is 0 Å². The zero-order valence-electron chi connectivity index (χ0n) is 30.2. The standard InChI is InChI=1S/C49H43N3/c1-33(2)39-30-17-31-45(46(39)40-25-11-10-18-34(40)3)44-29-15-14-28-43(44)42-27-13-12-26-41(42)37-23-16-24-38(32-37)49-51-47(35-19-6-4-7-20-35)50-48(52-49)36-21-8-5-9-22-36/h4,6,8,10-19,21-33H,5,7,9,20H2,1-3H3. The lowest BCUT2D eigenvalue weighted by Crippen LogP contribution is -2.06. The van der Waals surface area contributed by atoms with Crippen LogP contribution in [0.5, 0.6) is 0 Å². The number of hydrogen-bond donors (Lipinski definition) is 0. The SMILES string of the molecule is Cc1ccccc1-c1c(-c2ccccc2-c2ccccc2-c2cccc(-c3nc(C4=CCCC=C4)nc(C4=CC=CCC4)n3)c2)cccc1C(C)C. The van der Waals surface area contributed by atoms with E-state index >= 15 is 0 Å². The van der Waals surface area contributed by atoms with Crippen LogP contribution in [0.2, 0.25) is 0 Å². The smallest absolute Gasteiger partial charge is 0.164 e. The minimum Gasteiger partial charge on any atom is -0.209 e. The van der Waals surface area contributed by atoms with Crippen molar-refractivity contribution in [1.82, 2.24) is 15.0 Å². The lowest BCUT2D eigenvalue weighted by Gasteiger charge is -2.22. The maximum atomic E-state index is 5.08. The van der Waals surface area contributed by atoms with Gasteiger partial charge in [-0.2, -0.15) is 0 Å². The van der Waals surface area contributed by atoms with Gasteiger partial charge in [-0.15, -0.1) is 0 Å². The highest BCUT2D eigenvalue weighted by molar-refractivity contribution is 5.97. The quantitative estimate of drug-likeness (QED) is 0.161. The average Bonchev–Trinajstić information content (AvgIpc) is 3.21. The topological polar surface area (TPSA) is 38.7 Å². The predicted octanol–water partition coefficient (Wildman–Crippen LogP) is 13.1. The van der Waals surface area contributed by atoms with Crippen molar-refractivity contribution in [2.75, 3.05) is 0 Å². The first kappa shape index (κ1) is 33.2. The van der Waals surface area contributed by atoms with Crippen molar-refractivity contribution in [2.24, 2.45) is 0 Å². The Balaban J connectivity index is 1.26. The summed E-state index contributed by atoms with van der Waals surface area (Å²) >= 11 is 0. The number of nitrogens with zero attached hydrogens (tertiary/aromatic N) is 3. The van der Waals surface area contributed by atoms with Crippen LogP contribution in [0.25, 0.3) is 67.0 Å². The van der Waals surface area contributed by atoms with Gasteiger partial charge >= 0.3 is 0 Å². The van der Waals surface area contributed by atoms with Crippen LogP contribution in [0.15, 0.2) is 152 Å². The molecule has 0 unspecified atom stereocenters. The molecule has 0 saturated carbocycles. The lowest BCUT2D eigenvalue weighted by atomic mass is 9.82. The molecule has 0 spiro atoms. The van der Waals surface area contributed by atoms with Crippen molar-refractivity contribution in [1.29, 1.82) is 0 Å². The first-order valence-electron chi connectivity index (χ1n) is 18.5. The molecule has 3 nitrogen and oxygen atoms in total. The first-order chi connectivity index (χ1) is 25.5. The Morgan fingerprint density at radius 1 is 0.538 bits per heavy atom. The fourth-order valence-electron chi connectivity index (χ4n) is 7.52. The van der Waals surface area contributed by atoms with Gasteiger partial charge in [-0.3, -0.25) is 0 Å². The molecule has 5 aromatic carbocycles. The molecule has 0 bridgehead atoms. The molecule has 0 fully saturated rings. The van der Waals surface area contributed by atoms with Gasteiger partial charge in [0.2, 0.25) is 0 Å². The zero-order valence-corrected chi connectivity index (χ0v) is 30.2. The maximum Gasteiger partial charge on any atom is 0.164 e. The Morgan fingerprint density at radius 2 is 1.17 bits per heavy atom. The van der Waals surface area contributed by atoms with Crippen LogP contribution in [0, 0.1) is 6.92 Å². The molecule has 2 aliphatic rings. The highest BCUT2D eigenvalue weighted by atomic mass is 15.0. The van der Waals surface area contributed by atoms with Crippen molar-refractivity contribution in [3.8, 4) is 55.9 Å². The Kier molecular flexibility index (Phi) is 9.42. The molecule has 254 valence electrons. The van der Waals surface area contributed by atoms with Crippen LogP contribution >= 0.6 is 0 Å². The predicted molar refractivity (Wildman–Crippen MR) is 219 cm³/mol. The second-order valence-electron chi connectivity index (χ2n) is 14.0. The molecule has 0 aliphatic heterocycles. The van der Waals surface area contributed by atoms with Crippen molar-refractivity contribution in [3.05, 3.63) is 174 Å². The minimum absolute atomic E-state index is 0.379. The number of allylic oxidation sites excluding steroid dienone is 8. The zero-order chi connectivity index (χ0) is 35.4. The molecule has 0 N–H and O–H groups in total. The first-order valence-corrected chi connectivity index (χ1v) is 18.5. The molecule has 3 heteroatoms. The molecule has 0 saturated heterocycles. The van der Waals surface area contributed by atoms with Gasteiger partial charge in [0.05, 0.1) is 0 Å². The number of hydrogen-bond acceptors (Lipinski definition) is 3. The Labute approximate surface area is 307 Å². The van der Waals surface area contributed by atoms with E-state index in [4.69, 9.17) is 15.0 Å². The van der Waals surface area contributed by atoms with E-state index in [0.717, 1.165) is 59.6 Å². The number of aryl methyl sites for hydroxylation is 1. The van der Waals surface area contributed by atoms with E-state index in [1.54, 1.807) is 0 Å². The molecule has 2 aliphatic carbocycles. The van der Waals surface area contributed by atoms with Crippen LogP contribution in [0.3, 0.4) is 0 Å². The molecule has 52 heavy (non-hydrogen) atoms. The molecule has 0 amide bonds. The fourth-order valence-corrected chi connectivity index (χ4v) is 7.52. The summed E-state index contributed by atoms with van der Waals surface area (Å²) in [7, 11) is 0. The van der Waals surface area contributed by atoms with Gasteiger partial charge in [0.15, 0.2) is 17.5 Å². The molecular formula is C49H43N3. The summed E-state index contributed by atoms with van der Waals surface area (Å²) in [6.07, 6.45) is 17.0. The third kappa shape index (κ3) is 6.63. The van der Waals surface area contributed by atoms with E-state index < -0.39 is 0 Å². The van der Waals surface area contributed by atoms with Crippen LogP contribution in [-0.4, -0.2) is 15.0 Å². The Hall–Kier alpha value is -5.93. The lowest BCUT2D eigenvalue weighted by molar-refractivity contribution is 0.869. The Morgan fingerprint density at radius 3 is 1.88 bits per heavy atom. The van der Waals surface area contributed by atoms with Gasteiger partial charge in [-0.1, -0.05) is 159 Å². The summed E-state index contributed by atoms with van der Waals surface area (Å²) in [5.74, 6) is 2.57. The second kappa shape index (κ2) is 14.7. The van der Waals surface area contributed by atoms with Gasteiger partial charge in [0, 0.05) is 11.1 Å². The molecule has 0 atom stereocenters. The molecule has 6 aromatic rings. The van der Waals surface area contributed by atoms with E-state index in [2.05, 4.69) is 172 Å². The van der Waals surface area contributed by atoms with Crippen molar-refractivity contribution in [2.45, 2.75) is 52.4 Å². The average molecular weight is 674 g/mol. The fraction of sp³-hybridized carbons (Fsp3) is 0.163. The summed E-state index contributed by atoms with van der Waals surface area (Å²) in [6, 6.07) is 41.9. The normalized spacial score (nSPS) is 14.0. The molecule has 8 rings (SSSR count). The van der Waals surface area contributed by atoms with Crippen molar-refractivity contribution < 1.29 is 0 Å². The van der Waals surface area contributed by atoms with Crippen LogP contribution in [0.1, 0.15) is 68.2 Å². The second-order valence-corrected chi connectivity index (χ2v) is 14.0. The van der Waals surface area contributed by atoms with Crippen LogP contribution in [0.4, 0.5) is 0 Å². The summed E-state index contributed by atoms with van der Waals surface area (Å²) in [4.78, 5) is 15.1. The highest BCUT2D eigenvalue weighted by Crippen LogP contribution is 2.44. The van der Waals surface area contributed by atoms with E-state index in [1.807, 2.05) is 0 Å². The molecular weight excluding hydrogens is 631 g/mol. The van der Waals surface area contributed by atoms with Crippen LogP contribution in [-0.2, 0) is 0 Å². The summed E-state index contributed by atoms with van der Waals surface area (Å²) < 4.78 is 0. The van der Waals surface area contributed by atoms with Crippen LogP contribution < -0.4 is 0 Å². The van der Waals surface area contributed by atoms with Gasteiger partial charge in [-0.05, 0) is 106 Å². The third-order valence-corrected chi connectivity index (χ3v) is 10.2. The van der Waals surface area contributed by atoms with E-state index in [1.165, 1.54) is 50.1 Å². The van der Waals surface area contributed by atoms with E-state index in [-0.39, 0.29) is 0 Å². The molecule has 1 heterocycles. The van der Waals surface area contributed by atoms with E-state index in [0.29, 0.717) is 11.7 Å². The van der Waals surface area contributed by atoms with Crippen molar-refractivity contribution >= 4 is 11.1 Å². The van der Waals surface area contributed by atoms with Gasteiger partial charge in [0.1, 0.15) is 0 Å². The maximum absolute atomic E-state index is 5.08. The number of benzene rings is 5. The summed E-state index contributed by atoms with van der Waals surface area (Å²) in [5.41, 5.74) is 15.6. The van der Waals surface area contributed by atoms with Gasteiger partial charge in [0.25, 0.3) is 0 Å². The third-order valence-electron chi connectivity index (χ3n) is 10.2. The van der Waals surface area contributed by atoms with Gasteiger partial charge in [-0.25, -0.2) is 15.0 Å². The Bertz CT molecular complexity index is 2400. The van der Waals surface area contributed by atoms with E-state index in [9.17, 15) is 0 Å². The molecule has 0 radical (unpaired) electrons.